The van der Waals surface area contributed by atoms with Crippen molar-refractivity contribution >= 4 is 74.8 Å². The molecule has 2 heterocycles. The standard InChI is InChI=1S/C21H26Cl2N4O3S2/c1-6-26(7-2)12(3)30-17(28)8-9-27-20(29)18(32-21(27)31)19-24(4)15-10-13(22)14(23)11-16(15)25(19)5/h10-12H,6-9H2,1-5H3. The molecule has 174 valence electrons. The number of anilines is 2. The molecule has 0 saturated carbocycles. The average Bonchev–Trinajstić information content (AvgIpc) is 3.14. The second-order valence-electron chi connectivity index (χ2n) is 7.41. The Kier molecular flexibility index (Phi) is 7.98. The molecular weight excluding hydrogens is 491 g/mol. The van der Waals surface area contributed by atoms with Crippen LogP contribution in [0.15, 0.2) is 22.9 Å². The summed E-state index contributed by atoms with van der Waals surface area (Å²) in [4.78, 5) is 33.3. The fraction of sp³-hybridized carbons (Fsp3) is 0.476. The van der Waals surface area contributed by atoms with E-state index in [-0.39, 0.29) is 31.1 Å². The van der Waals surface area contributed by atoms with Gasteiger partial charge in [0.15, 0.2) is 6.23 Å². The molecule has 2 aliphatic heterocycles. The number of rotatable bonds is 7. The maximum Gasteiger partial charge on any atom is 0.309 e. The molecular formula is C21H26Cl2N4O3S2. The van der Waals surface area contributed by atoms with Gasteiger partial charge in [-0.15, -0.1) is 0 Å². The first-order valence-electron chi connectivity index (χ1n) is 10.3. The fourth-order valence-electron chi connectivity index (χ4n) is 3.81. The normalized spacial score (nSPS) is 17.1. The minimum atomic E-state index is -0.363. The number of nitrogens with zero attached hydrogens (tertiary/aromatic N) is 4. The van der Waals surface area contributed by atoms with E-state index in [2.05, 4.69) is 0 Å². The van der Waals surface area contributed by atoms with E-state index in [1.807, 2.05) is 49.6 Å². The summed E-state index contributed by atoms with van der Waals surface area (Å²) < 4.78 is 5.91. The number of amides is 1. The van der Waals surface area contributed by atoms with Crippen molar-refractivity contribution in [2.75, 3.05) is 43.5 Å². The third kappa shape index (κ3) is 4.72. The Bertz CT molecular complexity index is 947. The van der Waals surface area contributed by atoms with Gasteiger partial charge < -0.3 is 14.5 Å². The summed E-state index contributed by atoms with van der Waals surface area (Å²) in [6.07, 6.45) is -0.249. The van der Waals surface area contributed by atoms with Crippen LogP contribution in [0.1, 0.15) is 27.2 Å². The first-order valence-corrected chi connectivity index (χ1v) is 12.3. The number of carbonyl (C=O) groups is 2. The van der Waals surface area contributed by atoms with Gasteiger partial charge in [0.05, 0.1) is 27.8 Å². The van der Waals surface area contributed by atoms with Crippen LogP contribution >= 0.6 is 47.2 Å². The molecule has 0 aliphatic carbocycles. The van der Waals surface area contributed by atoms with E-state index in [9.17, 15) is 9.59 Å². The van der Waals surface area contributed by atoms with E-state index in [1.54, 1.807) is 12.1 Å². The highest BCUT2D eigenvalue weighted by Gasteiger charge is 2.40. The number of fused-ring (bicyclic) bond motifs is 1. The van der Waals surface area contributed by atoms with Crippen LogP contribution in [0.5, 0.6) is 0 Å². The van der Waals surface area contributed by atoms with Gasteiger partial charge in [0.2, 0.25) is 0 Å². The monoisotopic (exact) mass is 516 g/mol. The van der Waals surface area contributed by atoms with Crippen molar-refractivity contribution in [2.24, 2.45) is 0 Å². The highest BCUT2D eigenvalue weighted by molar-refractivity contribution is 8.26. The fourth-order valence-corrected chi connectivity index (χ4v) is 5.57. The van der Waals surface area contributed by atoms with Gasteiger partial charge in [-0.25, -0.2) is 0 Å². The van der Waals surface area contributed by atoms with Crippen molar-refractivity contribution in [3.63, 3.8) is 0 Å². The summed E-state index contributed by atoms with van der Waals surface area (Å²) in [5.41, 5.74) is 1.69. The second kappa shape index (κ2) is 10.2. The van der Waals surface area contributed by atoms with Gasteiger partial charge in [0.25, 0.3) is 5.91 Å². The minimum absolute atomic E-state index is 0.0672. The zero-order valence-electron chi connectivity index (χ0n) is 18.6. The van der Waals surface area contributed by atoms with Gasteiger partial charge in [-0.05, 0) is 32.1 Å². The quantitative estimate of drug-likeness (QED) is 0.226. The summed E-state index contributed by atoms with van der Waals surface area (Å²) in [5.74, 6) is 0.0945. The number of carbonyl (C=O) groups excluding carboxylic acids is 2. The molecule has 1 fully saturated rings. The van der Waals surface area contributed by atoms with E-state index in [4.69, 9.17) is 40.2 Å². The third-order valence-corrected chi connectivity index (χ3v) is 7.74. The van der Waals surface area contributed by atoms with Gasteiger partial charge in [-0.2, -0.15) is 0 Å². The Hall–Kier alpha value is -1.52. The summed E-state index contributed by atoms with van der Waals surface area (Å²) in [7, 11) is 3.72. The topological polar surface area (TPSA) is 56.3 Å². The first-order chi connectivity index (χ1) is 15.1. The molecule has 1 amide bonds. The third-order valence-electron chi connectivity index (χ3n) is 5.60. The minimum Gasteiger partial charge on any atom is -0.447 e. The van der Waals surface area contributed by atoms with Crippen molar-refractivity contribution in [2.45, 2.75) is 33.4 Å². The molecule has 0 bridgehead atoms. The lowest BCUT2D eigenvalue weighted by atomic mass is 10.2. The molecule has 0 N–H and O–H groups in total. The molecule has 1 aromatic rings. The maximum absolute atomic E-state index is 13.2. The zero-order chi connectivity index (χ0) is 23.7. The van der Waals surface area contributed by atoms with Crippen molar-refractivity contribution in [3.05, 3.63) is 32.9 Å². The van der Waals surface area contributed by atoms with Crippen molar-refractivity contribution < 1.29 is 14.3 Å². The number of ether oxygens (including phenoxy) is 1. The largest absolute Gasteiger partial charge is 0.447 e. The van der Waals surface area contributed by atoms with Crippen LogP contribution in [-0.2, 0) is 14.3 Å². The average molecular weight is 518 g/mol. The SMILES string of the molecule is CCN(CC)C(C)OC(=O)CCN1C(=O)C(=C2N(C)c3cc(Cl)c(Cl)cc3N2C)SC1=S. The van der Waals surface area contributed by atoms with Crippen molar-refractivity contribution in [3.8, 4) is 0 Å². The van der Waals surface area contributed by atoms with Gasteiger partial charge in [0, 0.05) is 20.6 Å². The smallest absolute Gasteiger partial charge is 0.309 e. The maximum atomic E-state index is 13.2. The molecule has 0 aromatic heterocycles. The summed E-state index contributed by atoms with van der Waals surface area (Å²) in [6.45, 7) is 7.61. The Morgan fingerprint density at radius 3 is 2.19 bits per heavy atom. The predicted molar refractivity (Wildman–Crippen MR) is 135 cm³/mol. The van der Waals surface area contributed by atoms with Crippen LogP contribution in [-0.4, -0.2) is 66.0 Å². The molecule has 0 spiro atoms. The zero-order valence-corrected chi connectivity index (χ0v) is 21.8. The number of thiocarbonyl (C=S) groups is 1. The van der Waals surface area contributed by atoms with Gasteiger partial charge in [0.1, 0.15) is 15.0 Å². The molecule has 1 atom stereocenters. The molecule has 11 heteroatoms. The van der Waals surface area contributed by atoms with E-state index in [1.165, 1.54) is 16.7 Å². The van der Waals surface area contributed by atoms with E-state index >= 15 is 0 Å². The molecule has 3 rings (SSSR count). The molecule has 1 unspecified atom stereocenters. The number of halogens is 2. The lowest BCUT2D eigenvalue weighted by molar-refractivity contribution is -0.157. The predicted octanol–water partition coefficient (Wildman–Crippen LogP) is 4.53. The lowest BCUT2D eigenvalue weighted by Gasteiger charge is -2.26. The van der Waals surface area contributed by atoms with E-state index in [0.29, 0.717) is 25.1 Å². The molecule has 32 heavy (non-hydrogen) atoms. The number of esters is 1. The number of hydrogen-bond acceptors (Lipinski definition) is 8. The Morgan fingerprint density at radius 1 is 1.16 bits per heavy atom. The summed E-state index contributed by atoms with van der Waals surface area (Å²) in [5, 5.41) is 0.883. The van der Waals surface area contributed by atoms with Crippen molar-refractivity contribution in [1.82, 2.24) is 9.80 Å². The van der Waals surface area contributed by atoms with Crippen LogP contribution in [0.4, 0.5) is 11.4 Å². The lowest BCUT2D eigenvalue weighted by Crippen LogP contribution is -2.37. The Labute approximate surface area is 208 Å². The van der Waals surface area contributed by atoms with Crippen molar-refractivity contribution in [1.29, 1.82) is 0 Å². The van der Waals surface area contributed by atoms with Gasteiger partial charge in [-0.3, -0.25) is 19.4 Å². The molecule has 0 radical (unpaired) electrons. The molecule has 1 aromatic carbocycles. The van der Waals surface area contributed by atoms with E-state index in [0.717, 1.165) is 24.5 Å². The molecule has 7 nitrogen and oxygen atoms in total. The van der Waals surface area contributed by atoms with E-state index < -0.39 is 0 Å². The van der Waals surface area contributed by atoms with Crippen LogP contribution in [0, 0.1) is 0 Å². The van der Waals surface area contributed by atoms with Crippen LogP contribution < -0.4 is 9.80 Å². The highest BCUT2D eigenvalue weighted by atomic mass is 35.5. The van der Waals surface area contributed by atoms with Gasteiger partial charge in [-0.1, -0.05) is 61.0 Å². The van der Waals surface area contributed by atoms with Crippen LogP contribution in [0.25, 0.3) is 0 Å². The summed E-state index contributed by atoms with van der Waals surface area (Å²) in [6, 6.07) is 3.55. The first kappa shape index (κ1) is 25.1. The second-order valence-corrected chi connectivity index (χ2v) is 9.87. The summed E-state index contributed by atoms with van der Waals surface area (Å²) >= 11 is 19.1. The molecule has 1 saturated heterocycles. The highest BCUT2D eigenvalue weighted by Crippen LogP contribution is 2.47. The van der Waals surface area contributed by atoms with Crippen LogP contribution in [0.3, 0.4) is 0 Å². The Morgan fingerprint density at radius 2 is 1.69 bits per heavy atom. The van der Waals surface area contributed by atoms with Gasteiger partial charge >= 0.3 is 5.97 Å². The molecule has 2 aliphatic rings. The number of hydrogen-bond donors (Lipinski definition) is 0. The number of thioether (sulfide) groups is 1. The number of benzene rings is 1. The van der Waals surface area contributed by atoms with Crippen LogP contribution in [0.2, 0.25) is 10.0 Å². The Balaban J connectivity index is 1.74.